The fourth-order valence-electron chi connectivity index (χ4n) is 7.80. The third-order valence-electron chi connectivity index (χ3n) is 9.67. The smallest absolute Gasteiger partial charge is 0.435 e. The minimum Gasteiger partial charge on any atom is -0.450 e. The number of ether oxygens (including phenoxy) is 1. The third-order valence-corrected chi connectivity index (χ3v) is 10.6. The largest absolute Gasteiger partial charge is 0.450 e. The Kier molecular flexibility index (Phi) is 7.55. The number of piperidine rings is 1. The van der Waals surface area contributed by atoms with Gasteiger partial charge in [-0.2, -0.15) is 13.2 Å². The van der Waals surface area contributed by atoms with E-state index in [0.717, 1.165) is 74.9 Å². The number of aromatic nitrogens is 1. The molecule has 7 nitrogen and oxygen atoms in total. The molecule has 11 heteroatoms. The summed E-state index contributed by atoms with van der Waals surface area (Å²) in [5.41, 5.74) is 0.841. The molecule has 222 valence electrons. The summed E-state index contributed by atoms with van der Waals surface area (Å²) in [7, 11) is 0. The van der Waals surface area contributed by atoms with Crippen molar-refractivity contribution in [3.8, 4) is 0 Å². The Labute approximate surface area is 242 Å². The van der Waals surface area contributed by atoms with E-state index in [1.54, 1.807) is 4.90 Å². The molecule has 3 atom stereocenters. The van der Waals surface area contributed by atoms with Crippen LogP contribution in [0.2, 0.25) is 0 Å². The molecule has 4 aliphatic heterocycles. The first kappa shape index (κ1) is 28.5. The topological polar surface area (TPSA) is 66.0 Å². The van der Waals surface area contributed by atoms with E-state index in [1.165, 1.54) is 12.5 Å². The zero-order valence-electron chi connectivity index (χ0n) is 23.6. The predicted molar refractivity (Wildman–Crippen MR) is 149 cm³/mol. The van der Waals surface area contributed by atoms with Crippen LogP contribution in [0.4, 0.5) is 18.0 Å². The number of carbonyl (C=O) groups is 2. The number of halogens is 3. The van der Waals surface area contributed by atoms with Crippen molar-refractivity contribution in [2.75, 3.05) is 26.2 Å². The van der Waals surface area contributed by atoms with Crippen LogP contribution in [0.15, 0.2) is 24.3 Å². The lowest BCUT2D eigenvalue weighted by Gasteiger charge is -2.50. The minimum atomic E-state index is -4.67. The quantitative estimate of drug-likeness (QED) is 0.439. The van der Waals surface area contributed by atoms with E-state index in [9.17, 15) is 22.8 Å². The van der Waals surface area contributed by atoms with Gasteiger partial charge < -0.3 is 19.4 Å². The Morgan fingerprint density at radius 2 is 1.76 bits per heavy atom. The van der Waals surface area contributed by atoms with Gasteiger partial charge in [-0.25, -0.2) is 9.78 Å². The van der Waals surface area contributed by atoms with Crippen LogP contribution < -0.4 is 0 Å². The molecule has 4 aliphatic rings. The van der Waals surface area contributed by atoms with Gasteiger partial charge in [0, 0.05) is 36.6 Å². The molecule has 5 heterocycles. The summed E-state index contributed by atoms with van der Waals surface area (Å²) in [6.07, 6.45) is 1.79. The highest BCUT2D eigenvalue weighted by molar-refractivity contribution is 7.13. The number of hydrogen-bond acceptors (Lipinski definition) is 6. The van der Waals surface area contributed by atoms with Gasteiger partial charge in [-0.05, 0) is 83.0 Å². The molecule has 1 aromatic heterocycles. The maximum absolute atomic E-state index is 13.7. The average molecular weight is 591 g/mol. The molecule has 41 heavy (non-hydrogen) atoms. The zero-order chi connectivity index (χ0) is 28.9. The highest BCUT2D eigenvalue weighted by atomic mass is 32.1. The number of carbonyl (C=O) groups excluding carboxylic acids is 2. The minimum absolute atomic E-state index is 0.188. The number of thiazole rings is 1. The van der Waals surface area contributed by atoms with Crippen LogP contribution in [0.25, 0.3) is 0 Å². The summed E-state index contributed by atoms with van der Waals surface area (Å²) >= 11 is 0.824. The number of hydrogen-bond donors (Lipinski definition) is 0. The number of amides is 2. The molecular formula is C30H37F3N4O3S. The molecule has 2 bridgehead atoms. The van der Waals surface area contributed by atoms with Gasteiger partial charge in [0.25, 0.3) is 5.91 Å². The summed E-state index contributed by atoms with van der Waals surface area (Å²) in [6.45, 7) is 6.13. The fourth-order valence-corrected chi connectivity index (χ4v) is 8.71. The Morgan fingerprint density at radius 1 is 1.07 bits per heavy atom. The Balaban J connectivity index is 1.20. The second-order valence-electron chi connectivity index (χ2n) is 12.0. The van der Waals surface area contributed by atoms with Gasteiger partial charge in [-0.3, -0.25) is 4.79 Å². The van der Waals surface area contributed by atoms with Crippen molar-refractivity contribution in [2.24, 2.45) is 0 Å². The van der Waals surface area contributed by atoms with Gasteiger partial charge in [-0.15, -0.1) is 11.3 Å². The van der Waals surface area contributed by atoms with Crippen molar-refractivity contribution in [3.63, 3.8) is 0 Å². The summed E-state index contributed by atoms with van der Waals surface area (Å²) < 4.78 is 46.6. The molecular weight excluding hydrogens is 553 g/mol. The summed E-state index contributed by atoms with van der Waals surface area (Å²) in [5.74, 6) is -0.585. The lowest BCUT2D eigenvalue weighted by Crippen LogP contribution is -2.55. The SMILES string of the molecule is CCOC(=O)N1C2CCC(N3CCC4(CC3)CN(C(=O)c3sc(C)nc3C(F)(F)F)Cc3ccccc34)CC1CC2. The van der Waals surface area contributed by atoms with Crippen LogP contribution in [0.1, 0.15) is 83.4 Å². The van der Waals surface area contributed by atoms with E-state index < -0.39 is 17.8 Å². The van der Waals surface area contributed by atoms with E-state index in [-0.39, 0.29) is 33.5 Å². The van der Waals surface area contributed by atoms with Gasteiger partial charge in [0.15, 0.2) is 5.69 Å². The molecule has 1 aromatic carbocycles. The second kappa shape index (κ2) is 10.9. The predicted octanol–water partition coefficient (Wildman–Crippen LogP) is 6.00. The number of fused-ring (bicyclic) bond motifs is 4. The molecule has 2 amide bonds. The summed E-state index contributed by atoms with van der Waals surface area (Å²) in [4.78, 5) is 35.8. The highest BCUT2D eigenvalue weighted by Gasteiger charge is 2.48. The molecule has 0 saturated carbocycles. The molecule has 3 saturated heterocycles. The lowest BCUT2D eigenvalue weighted by molar-refractivity contribution is -0.141. The van der Waals surface area contributed by atoms with Crippen molar-refractivity contribution in [3.05, 3.63) is 51.0 Å². The number of nitrogens with zero attached hydrogens (tertiary/aromatic N) is 4. The van der Waals surface area contributed by atoms with Gasteiger partial charge in [0.1, 0.15) is 4.88 Å². The van der Waals surface area contributed by atoms with E-state index in [1.807, 2.05) is 30.0 Å². The van der Waals surface area contributed by atoms with Gasteiger partial charge >= 0.3 is 12.3 Å². The molecule has 3 fully saturated rings. The molecule has 0 N–H and O–H groups in total. The maximum atomic E-state index is 13.7. The van der Waals surface area contributed by atoms with Crippen molar-refractivity contribution in [1.29, 1.82) is 0 Å². The molecule has 6 rings (SSSR count). The monoisotopic (exact) mass is 590 g/mol. The van der Waals surface area contributed by atoms with Crippen LogP contribution in [0, 0.1) is 6.92 Å². The van der Waals surface area contributed by atoms with Crippen molar-refractivity contribution >= 4 is 23.3 Å². The van der Waals surface area contributed by atoms with E-state index in [4.69, 9.17) is 4.74 Å². The van der Waals surface area contributed by atoms with E-state index in [0.29, 0.717) is 25.7 Å². The second-order valence-corrected chi connectivity index (χ2v) is 13.2. The Hall–Kier alpha value is -2.66. The van der Waals surface area contributed by atoms with Crippen LogP contribution in [-0.4, -0.2) is 76.1 Å². The molecule has 0 aliphatic carbocycles. The van der Waals surface area contributed by atoms with Crippen molar-refractivity contribution in [1.82, 2.24) is 19.7 Å². The molecule has 3 unspecified atom stereocenters. The molecule has 2 aromatic rings. The Morgan fingerprint density at radius 3 is 2.46 bits per heavy atom. The van der Waals surface area contributed by atoms with Crippen LogP contribution in [0.5, 0.6) is 0 Å². The average Bonchev–Trinajstić information content (AvgIpc) is 3.48. The van der Waals surface area contributed by atoms with E-state index in [2.05, 4.69) is 16.0 Å². The van der Waals surface area contributed by atoms with Crippen molar-refractivity contribution < 1.29 is 27.5 Å². The Bertz CT molecular complexity index is 1310. The molecule has 1 spiro atoms. The van der Waals surface area contributed by atoms with Crippen LogP contribution >= 0.6 is 11.3 Å². The number of likely N-dealkylation sites (tertiary alicyclic amines) is 1. The number of rotatable bonds is 3. The summed E-state index contributed by atoms with van der Waals surface area (Å²) in [6, 6.07) is 8.92. The summed E-state index contributed by atoms with van der Waals surface area (Å²) in [5, 5.41) is 0.236. The maximum Gasteiger partial charge on any atom is 0.435 e. The first-order chi connectivity index (χ1) is 19.6. The normalized spacial score (nSPS) is 26.1. The number of alkyl halides is 3. The van der Waals surface area contributed by atoms with Gasteiger partial charge in [-0.1, -0.05) is 24.3 Å². The van der Waals surface area contributed by atoms with Crippen LogP contribution in [-0.2, 0) is 22.9 Å². The first-order valence-corrected chi connectivity index (χ1v) is 15.5. The third kappa shape index (κ3) is 5.24. The van der Waals surface area contributed by atoms with Crippen LogP contribution in [0.3, 0.4) is 0 Å². The fraction of sp³-hybridized carbons (Fsp3) is 0.633. The highest BCUT2D eigenvalue weighted by Crippen LogP contribution is 2.45. The number of benzene rings is 1. The standard InChI is InChI=1S/C30H37F3N4O3S/c1-3-40-28(39)37-21-8-10-22(16-23(37)11-9-21)35-14-12-29(13-15-35)18-36(17-20-6-4-5-7-24(20)29)27(38)25-26(30(31,32)33)34-19(2)41-25/h4-7,21-23H,3,8-18H2,1-2H3. The zero-order valence-corrected chi connectivity index (χ0v) is 24.4. The van der Waals surface area contributed by atoms with Gasteiger partial charge in [0.2, 0.25) is 0 Å². The lowest BCUT2D eigenvalue weighted by atomic mass is 9.68. The number of aryl methyl sites for hydroxylation is 1. The van der Waals surface area contributed by atoms with E-state index >= 15 is 0 Å². The first-order valence-electron chi connectivity index (χ1n) is 14.7. The van der Waals surface area contributed by atoms with Gasteiger partial charge in [0.05, 0.1) is 11.6 Å². The molecule has 0 radical (unpaired) electrons. The van der Waals surface area contributed by atoms with Crippen molar-refractivity contribution in [2.45, 2.75) is 95.1 Å².